The third-order valence-corrected chi connectivity index (χ3v) is 2.95. The zero-order valence-electron chi connectivity index (χ0n) is 11.4. The fourth-order valence-electron chi connectivity index (χ4n) is 1.94. The Kier molecular flexibility index (Phi) is 3.74. The second-order valence-corrected chi connectivity index (χ2v) is 4.86. The number of carbonyl (C=O) groups excluding carboxylic acids is 2. The van der Waals surface area contributed by atoms with Crippen LogP contribution in [0.4, 0.5) is 5.69 Å². The molecule has 0 bridgehead atoms. The highest BCUT2D eigenvalue weighted by Gasteiger charge is 2.21. The standard InChI is InChI=1S/C14H18N2O3/c1-9(2)15-14(18)10-4-5-12-11(8-10)16(3)13(17)6-7-19-12/h4-5,8-9H,6-7H2,1-3H3,(H,15,18). The molecule has 0 saturated heterocycles. The summed E-state index contributed by atoms with van der Waals surface area (Å²) in [5.74, 6) is 0.470. The van der Waals surface area contributed by atoms with Gasteiger partial charge in [-0.15, -0.1) is 0 Å². The van der Waals surface area contributed by atoms with Crippen LogP contribution in [0, 0.1) is 0 Å². The van der Waals surface area contributed by atoms with E-state index in [1.54, 1.807) is 25.2 Å². The molecular weight excluding hydrogens is 244 g/mol. The molecule has 5 nitrogen and oxygen atoms in total. The molecule has 1 heterocycles. The average Bonchev–Trinajstić information content (AvgIpc) is 2.49. The maximum Gasteiger partial charge on any atom is 0.251 e. The summed E-state index contributed by atoms with van der Waals surface area (Å²) in [4.78, 5) is 25.3. The van der Waals surface area contributed by atoms with E-state index in [0.717, 1.165) is 0 Å². The smallest absolute Gasteiger partial charge is 0.251 e. The summed E-state index contributed by atoms with van der Waals surface area (Å²) in [7, 11) is 1.69. The van der Waals surface area contributed by atoms with Crippen molar-refractivity contribution in [2.75, 3.05) is 18.6 Å². The van der Waals surface area contributed by atoms with Gasteiger partial charge in [0, 0.05) is 18.7 Å². The summed E-state index contributed by atoms with van der Waals surface area (Å²) in [5.41, 5.74) is 1.16. The number of amides is 2. The summed E-state index contributed by atoms with van der Waals surface area (Å²) >= 11 is 0. The van der Waals surface area contributed by atoms with Crippen LogP contribution in [-0.2, 0) is 4.79 Å². The van der Waals surface area contributed by atoms with E-state index in [1.165, 1.54) is 4.90 Å². The van der Waals surface area contributed by atoms with Gasteiger partial charge in [0.15, 0.2) is 0 Å². The number of rotatable bonds is 2. The van der Waals surface area contributed by atoms with Crippen molar-refractivity contribution in [2.45, 2.75) is 26.3 Å². The molecule has 102 valence electrons. The van der Waals surface area contributed by atoms with Crippen molar-refractivity contribution in [3.05, 3.63) is 23.8 Å². The lowest BCUT2D eigenvalue weighted by molar-refractivity contribution is -0.118. The Hall–Kier alpha value is -2.04. The number of carbonyl (C=O) groups is 2. The average molecular weight is 262 g/mol. The molecule has 2 amide bonds. The zero-order valence-corrected chi connectivity index (χ0v) is 11.4. The van der Waals surface area contributed by atoms with Gasteiger partial charge >= 0.3 is 0 Å². The first-order chi connectivity index (χ1) is 8.99. The molecule has 0 aliphatic carbocycles. The molecule has 2 rings (SSSR count). The highest BCUT2D eigenvalue weighted by Crippen LogP contribution is 2.31. The quantitative estimate of drug-likeness (QED) is 0.880. The first-order valence-corrected chi connectivity index (χ1v) is 6.33. The predicted octanol–water partition coefficient (Wildman–Crippen LogP) is 1.57. The summed E-state index contributed by atoms with van der Waals surface area (Å²) in [6.07, 6.45) is 0.346. The summed E-state index contributed by atoms with van der Waals surface area (Å²) < 4.78 is 5.51. The summed E-state index contributed by atoms with van der Waals surface area (Å²) in [6.45, 7) is 4.17. The number of anilines is 1. The second kappa shape index (κ2) is 5.30. The van der Waals surface area contributed by atoms with Crippen molar-refractivity contribution in [1.82, 2.24) is 5.32 Å². The Balaban J connectivity index is 2.34. The van der Waals surface area contributed by atoms with Crippen LogP contribution in [0.2, 0.25) is 0 Å². The van der Waals surface area contributed by atoms with Crippen molar-refractivity contribution < 1.29 is 14.3 Å². The fourth-order valence-corrected chi connectivity index (χ4v) is 1.94. The van der Waals surface area contributed by atoms with E-state index in [2.05, 4.69) is 5.32 Å². The van der Waals surface area contributed by atoms with Crippen molar-refractivity contribution >= 4 is 17.5 Å². The Morgan fingerprint density at radius 3 is 2.84 bits per heavy atom. The van der Waals surface area contributed by atoms with Crippen molar-refractivity contribution in [3.8, 4) is 5.75 Å². The van der Waals surface area contributed by atoms with Gasteiger partial charge in [0.05, 0.1) is 18.7 Å². The maximum absolute atomic E-state index is 12.0. The molecule has 0 radical (unpaired) electrons. The Morgan fingerprint density at radius 1 is 1.42 bits per heavy atom. The molecule has 1 aromatic rings. The molecule has 1 aromatic carbocycles. The van der Waals surface area contributed by atoms with Gasteiger partial charge in [0.2, 0.25) is 5.91 Å². The maximum atomic E-state index is 12.0. The number of fused-ring (bicyclic) bond motifs is 1. The van der Waals surface area contributed by atoms with E-state index in [9.17, 15) is 9.59 Å². The minimum atomic E-state index is -0.150. The van der Waals surface area contributed by atoms with Crippen molar-refractivity contribution in [1.29, 1.82) is 0 Å². The van der Waals surface area contributed by atoms with Crippen molar-refractivity contribution in [2.24, 2.45) is 0 Å². The zero-order chi connectivity index (χ0) is 14.0. The largest absolute Gasteiger partial charge is 0.491 e. The summed E-state index contributed by atoms with van der Waals surface area (Å²) in [5, 5.41) is 2.82. The van der Waals surface area contributed by atoms with Crippen LogP contribution in [0.5, 0.6) is 5.75 Å². The molecule has 1 aliphatic rings. The lowest BCUT2D eigenvalue weighted by atomic mass is 10.1. The van der Waals surface area contributed by atoms with E-state index < -0.39 is 0 Å². The van der Waals surface area contributed by atoms with Gasteiger partial charge in [-0.05, 0) is 32.0 Å². The van der Waals surface area contributed by atoms with Crippen LogP contribution in [-0.4, -0.2) is 31.5 Å². The molecule has 1 aliphatic heterocycles. The van der Waals surface area contributed by atoms with E-state index in [4.69, 9.17) is 4.74 Å². The van der Waals surface area contributed by atoms with Crippen LogP contribution in [0.1, 0.15) is 30.6 Å². The van der Waals surface area contributed by atoms with E-state index in [0.29, 0.717) is 30.0 Å². The first kappa shape index (κ1) is 13.4. The lowest BCUT2D eigenvalue weighted by Gasteiger charge is -2.17. The van der Waals surface area contributed by atoms with Gasteiger partial charge in [-0.3, -0.25) is 9.59 Å². The van der Waals surface area contributed by atoms with Gasteiger partial charge in [0.25, 0.3) is 5.91 Å². The third-order valence-electron chi connectivity index (χ3n) is 2.95. The fraction of sp³-hybridized carbons (Fsp3) is 0.429. The summed E-state index contributed by atoms with van der Waals surface area (Å²) in [6, 6.07) is 5.21. The molecular formula is C14H18N2O3. The molecule has 5 heteroatoms. The van der Waals surface area contributed by atoms with Crippen LogP contribution in [0.25, 0.3) is 0 Å². The van der Waals surface area contributed by atoms with Gasteiger partial charge in [0.1, 0.15) is 5.75 Å². The highest BCUT2D eigenvalue weighted by molar-refractivity contribution is 5.99. The van der Waals surface area contributed by atoms with Crippen LogP contribution in [0.15, 0.2) is 18.2 Å². The molecule has 19 heavy (non-hydrogen) atoms. The molecule has 0 spiro atoms. The molecule has 0 saturated carbocycles. The second-order valence-electron chi connectivity index (χ2n) is 4.86. The first-order valence-electron chi connectivity index (χ1n) is 6.33. The highest BCUT2D eigenvalue weighted by atomic mass is 16.5. The minimum Gasteiger partial charge on any atom is -0.491 e. The van der Waals surface area contributed by atoms with Gasteiger partial charge in [-0.1, -0.05) is 0 Å². The third kappa shape index (κ3) is 2.86. The van der Waals surface area contributed by atoms with E-state index in [1.807, 2.05) is 13.8 Å². The minimum absolute atomic E-state index is 0.0137. The molecule has 1 N–H and O–H groups in total. The van der Waals surface area contributed by atoms with Crippen molar-refractivity contribution in [3.63, 3.8) is 0 Å². The van der Waals surface area contributed by atoms with Gasteiger partial charge in [-0.25, -0.2) is 0 Å². The number of ether oxygens (including phenoxy) is 1. The number of hydrogen-bond donors (Lipinski definition) is 1. The number of nitrogens with one attached hydrogen (secondary N) is 1. The lowest BCUT2D eigenvalue weighted by Crippen LogP contribution is -2.30. The monoisotopic (exact) mass is 262 g/mol. The van der Waals surface area contributed by atoms with E-state index in [-0.39, 0.29) is 17.9 Å². The molecule has 0 unspecified atom stereocenters. The van der Waals surface area contributed by atoms with E-state index >= 15 is 0 Å². The number of nitrogens with zero attached hydrogens (tertiary/aromatic N) is 1. The predicted molar refractivity (Wildman–Crippen MR) is 72.6 cm³/mol. The molecule has 0 atom stereocenters. The normalized spacial score (nSPS) is 14.7. The molecule has 0 fully saturated rings. The SMILES string of the molecule is CC(C)NC(=O)c1ccc2c(c1)N(C)C(=O)CCO2. The van der Waals surface area contributed by atoms with Crippen LogP contribution < -0.4 is 15.0 Å². The number of benzene rings is 1. The Labute approximate surface area is 112 Å². The van der Waals surface area contributed by atoms with Gasteiger partial charge < -0.3 is 15.0 Å². The van der Waals surface area contributed by atoms with Crippen LogP contribution >= 0.6 is 0 Å². The Morgan fingerprint density at radius 2 is 2.16 bits per heavy atom. The Bertz CT molecular complexity index is 511. The van der Waals surface area contributed by atoms with Crippen LogP contribution in [0.3, 0.4) is 0 Å². The molecule has 0 aromatic heterocycles. The van der Waals surface area contributed by atoms with Gasteiger partial charge in [-0.2, -0.15) is 0 Å². The number of hydrogen-bond acceptors (Lipinski definition) is 3. The topological polar surface area (TPSA) is 58.6 Å².